The highest BCUT2D eigenvalue weighted by atomic mass is 35.5. The number of aromatic amines is 1. The van der Waals surface area contributed by atoms with Gasteiger partial charge in [0.2, 0.25) is 5.91 Å². The summed E-state index contributed by atoms with van der Waals surface area (Å²) in [7, 11) is 5.51. The molecule has 5 aromatic rings. The lowest BCUT2D eigenvalue weighted by Gasteiger charge is -2.36. The van der Waals surface area contributed by atoms with Gasteiger partial charge in [0.25, 0.3) is 11.8 Å². The molecule has 11 nitrogen and oxygen atoms in total. The molecule has 0 bridgehead atoms. The minimum Gasteiger partial charge on any atom is -0.339 e. The topological polar surface area (TPSA) is 119 Å². The monoisotopic (exact) mass is 742 g/mol. The number of H-pyrrole nitrogens is 1. The third kappa shape index (κ3) is 7.86. The van der Waals surface area contributed by atoms with Crippen LogP contribution in [-0.4, -0.2) is 99.0 Å². The van der Waals surface area contributed by atoms with Crippen molar-refractivity contribution >= 4 is 35.0 Å². The highest BCUT2D eigenvalue weighted by molar-refractivity contribution is 6.34. The van der Waals surface area contributed by atoms with E-state index in [1.165, 1.54) is 42.2 Å². The Morgan fingerprint density at radius 1 is 0.925 bits per heavy atom. The van der Waals surface area contributed by atoms with E-state index >= 15 is 8.78 Å². The van der Waals surface area contributed by atoms with Gasteiger partial charge in [-0.3, -0.25) is 19.5 Å². The molecule has 0 saturated carbocycles. The van der Waals surface area contributed by atoms with Crippen LogP contribution in [0.25, 0.3) is 33.6 Å². The molecule has 2 N–H and O–H groups in total. The number of nitrogens with zero attached hydrogens (tertiary/aromatic N) is 6. The van der Waals surface area contributed by atoms with E-state index < -0.39 is 17.5 Å². The first-order valence-corrected chi connectivity index (χ1v) is 17.8. The highest BCUT2D eigenvalue weighted by Crippen LogP contribution is 2.36. The van der Waals surface area contributed by atoms with Crippen LogP contribution in [0.3, 0.4) is 0 Å². The zero-order valence-electron chi connectivity index (χ0n) is 30.0. The Hall–Kier alpha value is -5.40. The number of carbonyl (C=O) groups is 3. The van der Waals surface area contributed by atoms with Crippen molar-refractivity contribution < 1.29 is 23.2 Å². The van der Waals surface area contributed by atoms with E-state index in [2.05, 4.69) is 25.4 Å². The molecule has 3 heterocycles. The minimum atomic E-state index is -1.09. The van der Waals surface area contributed by atoms with Crippen molar-refractivity contribution in [2.24, 2.45) is 13.0 Å². The van der Waals surface area contributed by atoms with Gasteiger partial charge in [0, 0.05) is 67.1 Å². The summed E-state index contributed by atoms with van der Waals surface area (Å²) in [4.78, 5) is 49.6. The van der Waals surface area contributed by atoms with E-state index in [0.717, 1.165) is 24.9 Å². The maximum Gasteiger partial charge on any atom is 0.291 e. The second-order valence-electron chi connectivity index (χ2n) is 13.3. The summed E-state index contributed by atoms with van der Waals surface area (Å²) in [6, 6.07) is 16.7. The van der Waals surface area contributed by atoms with Crippen LogP contribution in [0.1, 0.15) is 40.7 Å². The highest BCUT2D eigenvalue weighted by Gasteiger charge is 2.30. The van der Waals surface area contributed by atoms with Gasteiger partial charge in [0.15, 0.2) is 17.5 Å². The van der Waals surface area contributed by atoms with E-state index in [0.29, 0.717) is 43.1 Å². The number of hydrogen-bond acceptors (Lipinski definition) is 6. The fourth-order valence-electron chi connectivity index (χ4n) is 6.57. The number of carbonyl (C=O) groups excluding carboxylic acids is 3. The van der Waals surface area contributed by atoms with E-state index in [9.17, 15) is 14.4 Å². The van der Waals surface area contributed by atoms with E-state index in [4.69, 9.17) is 11.6 Å². The summed E-state index contributed by atoms with van der Waals surface area (Å²) in [5.41, 5.74) is 2.46. The Morgan fingerprint density at radius 3 is 2.28 bits per heavy atom. The molecule has 3 aromatic carbocycles. The number of halogens is 3. The van der Waals surface area contributed by atoms with Crippen LogP contribution in [0.2, 0.25) is 5.02 Å². The molecule has 53 heavy (non-hydrogen) atoms. The van der Waals surface area contributed by atoms with Crippen molar-refractivity contribution in [3.63, 3.8) is 0 Å². The Balaban J connectivity index is 1.11. The maximum absolute atomic E-state index is 15.6. The average Bonchev–Trinajstić information content (AvgIpc) is 3.80. The summed E-state index contributed by atoms with van der Waals surface area (Å²) in [5.74, 6) is -3.02. The Morgan fingerprint density at radius 2 is 1.60 bits per heavy atom. The molecule has 1 saturated heterocycles. The van der Waals surface area contributed by atoms with Gasteiger partial charge in [-0.25, -0.2) is 13.8 Å². The molecular formula is C39H41ClF2N8O3. The molecule has 1 aliphatic rings. The molecule has 276 valence electrons. The summed E-state index contributed by atoms with van der Waals surface area (Å²) in [6.07, 6.45) is 4.30. The Bertz CT molecular complexity index is 2130. The zero-order chi connectivity index (χ0) is 37.8. The number of anilines is 1. The molecule has 2 aromatic heterocycles. The predicted molar refractivity (Wildman–Crippen MR) is 200 cm³/mol. The molecule has 14 heteroatoms. The summed E-state index contributed by atoms with van der Waals surface area (Å²) in [5, 5.41) is 9.78. The number of benzene rings is 3. The van der Waals surface area contributed by atoms with Crippen molar-refractivity contribution in [1.29, 1.82) is 0 Å². The van der Waals surface area contributed by atoms with E-state index in [-0.39, 0.29) is 51.0 Å². The van der Waals surface area contributed by atoms with Crippen molar-refractivity contribution in [2.45, 2.75) is 19.8 Å². The lowest BCUT2D eigenvalue weighted by atomic mass is 9.99. The quantitative estimate of drug-likeness (QED) is 0.158. The van der Waals surface area contributed by atoms with Crippen LogP contribution in [0.4, 0.5) is 14.5 Å². The van der Waals surface area contributed by atoms with Crippen molar-refractivity contribution in [3.05, 3.63) is 101 Å². The summed E-state index contributed by atoms with van der Waals surface area (Å²) >= 11 is 6.54. The normalized spacial score (nSPS) is 13.7. The summed E-state index contributed by atoms with van der Waals surface area (Å²) < 4.78 is 32.6. The first kappa shape index (κ1) is 37.4. The van der Waals surface area contributed by atoms with Crippen LogP contribution in [0.5, 0.6) is 0 Å². The molecule has 3 amide bonds. The fraction of sp³-hybridized carbons (Fsp3) is 0.308. The molecule has 0 radical (unpaired) electrons. The first-order valence-electron chi connectivity index (χ1n) is 17.4. The van der Waals surface area contributed by atoms with E-state index in [1.54, 1.807) is 17.0 Å². The molecule has 1 aliphatic heterocycles. The molecule has 6 rings (SSSR count). The van der Waals surface area contributed by atoms with Gasteiger partial charge in [-0.05, 0) is 57.7 Å². The van der Waals surface area contributed by atoms with Crippen molar-refractivity contribution in [3.8, 4) is 33.6 Å². The zero-order valence-corrected chi connectivity index (χ0v) is 30.8. The number of amides is 3. The molecule has 1 fully saturated rings. The molecular weight excluding hydrogens is 702 g/mol. The van der Waals surface area contributed by atoms with Gasteiger partial charge in [0.05, 0.1) is 34.4 Å². The third-order valence-corrected chi connectivity index (χ3v) is 9.96. The van der Waals surface area contributed by atoms with Gasteiger partial charge in [-0.15, -0.1) is 0 Å². The standard InChI is InChI=1S/C39H41ClF2N8O3/c1-5-24(15-16-47(2)3)38(52)49-17-19-50(20-18-49)39(53)28-12-11-26(21-31(28)40)45-37(51)36-43-23-32(48(36)4)29-14-13-27(33(41)34(29)42)30-22-44-46-35(30)25-9-7-6-8-10-25/h6-14,21-24H,5,15-20H2,1-4H3,(H,44,46)(H,45,51). The first-order chi connectivity index (χ1) is 25.5. The van der Waals surface area contributed by atoms with Gasteiger partial charge in [0.1, 0.15) is 0 Å². The Kier molecular flexibility index (Phi) is 11.3. The predicted octanol–water partition coefficient (Wildman–Crippen LogP) is 6.59. The number of aromatic nitrogens is 4. The maximum atomic E-state index is 15.6. The van der Waals surface area contributed by atoms with Crippen LogP contribution in [0.15, 0.2) is 73.1 Å². The number of piperazine rings is 1. The molecule has 0 aliphatic carbocycles. The van der Waals surface area contributed by atoms with E-state index in [1.807, 2.05) is 56.3 Å². The molecule has 1 unspecified atom stereocenters. The van der Waals surface area contributed by atoms with Gasteiger partial charge in [-0.1, -0.05) is 54.9 Å². The van der Waals surface area contributed by atoms with Gasteiger partial charge >= 0.3 is 0 Å². The molecule has 1 atom stereocenters. The summed E-state index contributed by atoms with van der Waals surface area (Å²) in [6.45, 7) is 4.52. The average molecular weight is 743 g/mol. The van der Waals surface area contributed by atoms with Gasteiger partial charge < -0.3 is 24.6 Å². The van der Waals surface area contributed by atoms with Gasteiger partial charge in [-0.2, -0.15) is 5.10 Å². The lowest BCUT2D eigenvalue weighted by Crippen LogP contribution is -2.52. The van der Waals surface area contributed by atoms with Crippen LogP contribution < -0.4 is 5.32 Å². The SMILES string of the molecule is CCC(CCN(C)C)C(=O)N1CCN(C(=O)c2ccc(NC(=O)c3ncc(-c4ccc(-c5cn[nH]c5-c5ccccc5)c(F)c4F)n3C)cc2Cl)CC1. The van der Waals surface area contributed by atoms with Crippen molar-refractivity contribution in [2.75, 3.05) is 52.1 Å². The third-order valence-electron chi connectivity index (χ3n) is 9.64. The van der Waals surface area contributed by atoms with Crippen LogP contribution in [0, 0.1) is 17.6 Å². The van der Waals surface area contributed by atoms with Crippen LogP contribution in [-0.2, 0) is 11.8 Å². The number of rotatable bonds is 11. The lowest BCUT2D eigenvalue weighted by molar-refractivity contribution is -0.137. The second-order valence-corrected chi connectivity index (χ2v) is 13.7. The number of hydrogen-bond donors (Lipinski definition) is 2. The number of imidazole rings is 1. The van der Waals surface area contributed by atoms with Crippen LogP contribution >= 0.6 is 11.6 Å². The largest absolute Gasteiger partial charge is 0.339 e. The minimum absolute atomic E-state index is 0.0337. The smallest absolute Gasteiger partial charge is 0.291 e. The fourth-order valence-corrected chi connectivity index (χ4v) is 6.83. The Labute approximate surface area is 311 Å². The second kappa shape index (κ2) is 16.1. The molecule has 0 spiro atoms. The van der Waals surface area contributed by atoms with Crippen molar-refractivity contribution in [1.82, 2.24) is 34.4 Å². The number of nitrogens with one attached hydrogen (secondary N) is 2.